The van der Waals surface area contributed by atoms with E-state index in [2.05, 4.69) is 4.99 Å². The van der Waals surface area contributed by atoms with Gasteiger partial charge in [0.1, 0.15) is 5.00 Å². The van der Waals surface area contributed by atoms with E-state index in [0.717, 1.165) is 10.6 Å². The number of nitrogens with zero attached hydrogens (tertiary/aromatic N) is 1. The van der Waals surface area contributed by atoms with Crippen molar-refractivity contribution in [3.8, 4) is 0 Å². The van der Waals surface area contributed by atoms with Crippen molar-refractivity contribution in [2.24, 2.45) is 16.6 Å². The third kappa shape index (κ3) is 1.14. The van der Waals surface area contributed by atoms with Gasteiger partial charge in [-0.2, -0.15) is 0 Å². The minimum atomic E-state index is -0.296. The van der Waals surface area contributed by atoms with Crippen LogP contribution in [0.3, 0.4) is 0 Å². The largest absolute Gasteiger partial charge is 0.369 e. The summed E-state index contributed by atoms with van der Waals surface area (Å²) in [6, 6.07) is 1.99. The first kappa shape index (κ1) is 7.49. The molecule has 4 heteroatoms. The molecule has 0 spiro atoms. The lowest BCUT2D eigenvalue weighted by Crippen LogP contribution is -2.27. The summed E-state index contributed by atoms with van der Waals surface area (Å²) in [5.41, 5.74) is 6.30. The third-order valence-corrected chi connectivity index (χ3v) is 2.76. The van der Waals surface area contributed by atoms with Crippen molar-refractivity contribution >= 4 is 28.5 Å². The van der Waals surface area contributed by atoms with Crippen LogP contribution in [0, 0.1) is 5.92 Å². The topological polar surface area (TPSA) is 55.5 Å². The van der Waals surface area contributed by atoms with Crippen LogP contribution < -0.4 is 5.73 Å². The van der Waals surface area contributed by atoms with E-state index in [4.69, 9.17) is 5.73 Å². The highest BCUT2D eigenvalue weighted by Gasteiger charge is 2.19. The van der Waals surface area contributed by atoms with E-state index in [1.807, 2.05) is 11.4 Å². The molecule has 1 aromatic rings. The minimum absolute atomic E-state index is 0.216. The fourth-order valence-electron chi connectivity index (χ4n) is 1.22. The quantitative estimate of drug-likeness (QED) is 0.691. The van der Waals surface area contributed by atoms with Crippen molar-refractivity contribution in [3.63, 3.8) is 0 Å². The molecule has 0 saturated carbocycles. The van der Waals surface area contributed by atoms with Gasteiger partial charge in [-0.05, 0) is 23.4 Å². The fourth-order valence-corrected chi connectivity index (χ4v) is 2.00. The molecule has 3 nitrogen and oxygen atoms in total. The summed E-state index contributed by atoms with van der Waals surface area (Å²) in [6.07, 6.45) is 2.35. The molecular formula is C8H8N2OS. The van der Waals surface area contributed by atoms with Crippen molar-refractivity contribution in [3.05, 3.63) is 17.0 Å². The summed E-state index contributed by atoms with van der Waals surface area (Å²) in [6.45, 7) is 0. The first-order valence-electron chi connectivity index (χ1n) is 3.67. The number of carbonyl (C=O) groups is 1. The molecule has 1 amide bonds. The highest BCUT2D eigenvalue weighted by Crippen LogP contribution is 2.31. The van der Waals surface area contributed by atoms with E-state index in [1.54, 1.807) is 17.6 Å². The predicted octanol–water partition coefficient (Wildman–Crippen LogP) is 1.11. The Morgan fingerprint density at radius 2 is 2.58 bits per heavy atom. The van der Waals surface area contributed by atoms with Crippen LogP contribution in [0.15, 0.2) is 16.4 Å². The van der Waals surface area contributed by atoms with Gasteiger partial charge in [0.15, 0.2) is 0 Å². The lowest BCUT2D eigenvalue weighted by Gasteiger charge is -2.11. The Morgan fingerprint density at radius 1 is 1.75 bits per heavy atom. The van der Waals surface area contributed by atoms with Crippen LogP contribution in [0.25, 0.3) is 0 Å². The Morgan fingerprint density at radius 3 is 3.33 bits per heavy atom. The zero-order valence-electron chi connectivity index (χ0n) is 6.36. The van der Waals surface area contributed by atoms with Gasteiger partial charge in [-0.25, -0.2) is 4.99 Å². The van der Waals surface area contributed by atoms with Crippen LogP contribution in [-0.4, -0.2) is 12.1 Å². The molecule has 0 aromatic carbocycles. The minimum Gasteiger partial charge on any atom is -0.369 e. The summed E-state index contributed by atoms with van der Waals surface area (Å²) in [5, 5.41) is 2.98. The standard InChI is InChI=1S/C8H8N2OS/c9-7(11)6-3-5-1-2-12-8(5)10-4-6/h1-2,4,6H,3H2,(H2,9,11). The monoisotopic (exact) mass is 180 g/mol. The summed E-state index contributed by atoms with van der Waals surface area (Å²) in [7, 11) is 0. The zero-order valence-corrected chi connectivity index (χ0v) is 7.17. The summed E-state index contributed by atoms with van der Waals surface area (Å²) >= 11 is 1.59. The van der Waals surface area contributed by atoms with Crippen LogP contribution in [0.5, 0.6) is 0 Å². The van der Waals surface area contributed by atoms with Crippen molar-refractivity contribution in [2.75, 3.05) is 0 Å². The molecule has 0 bridgehead atoms. The van der Waals surface area contributed by atoms with E-state index >= 15 is 0 Å². The van der Waals surface area contributed by atoms with E-state index in [9.17, 15) is 4.79 Å². The number of thiophene rings is 1. The number of hydrogen-bond donors (Lipinski definition) is 1. The van der Waals surface area contributed by atoms with E-state index in [-0.39, 0.29) is 11.8 Å². The summed E-state index contributed by atoms with van der Waals surface area (Å²) in [5.74, 6) is -0.511. The molecule has 0 radical (unpaired) electrons. The summed E-state index contributed by atoms with van der Waals surface area (Å²) in [4.78, 5) is 15.0. The fraction of sp³-hybridized carbons (Fsp3) is 0.250. The molecule has 0 saturated heterocycles. The zero-order chi connectivity index (χ0) is 8.55. The average molecular weight is 180 g/mol. The van der Waals surface area contributed by atoms with Crippen LogP contribution in [0.2, 0.25) is 0 Å². The second kappa shape index (κ2) is 2.71. The van der Waals surface area contributed by atoms with Gasteiger partial charge < -0.3 is 5.73 Å². The molecular weight excluding hydrogens is 172 g/mol. The number of fused-ring (bicyclic) bond motifs is 1. The molecule has 1 aliphatic heterocycles. The Kier molecular flexibility index (Phi) is 1.69. The van der Waals surface area contributed by atoms with E-state index < -0.39 is 0 Å². The van der Waals surface area contributed by atoms with Crippen LogP contribution in [0.1, 0.15) is 5.56 Å². The van der Waals surface area contributed by atoms with Gasteiger partial charge in [-0.3, -0.25) is 4.79 Å². The maximum atomic E-state index is 10.8. The van der Waals surface area contributed by atoms with Crippen molar-refractivity contribution < 1.29 is 4.79 Å². The summed E-state index contributed by atoms with van der Waals surface area (Å²) < 4.78 is 0. The molecule has 62 valence electrons. The highest BCUT2D eigenvalue weighted by atomic mass is 32.1. The Bertz CT molecular complexity index is 343. The van der Waals surface area contributed by atoms with Gasteiger partial charge in [0.2, 0.25) is 5.91 Å². The SMILES string of the molecule is NC(=O)C1C=Nc2sccc2C1. The predicted molar refractivity (Wildman–Crippen MR) is 48.9 cm³/mol. The van der Waals surface area contributed by atoms with Crippen LogP contribution >= 0.6 is 11.3 Å². The first-order valence-corrected chi connectivity index (χ1v) is 4.55. The number of amides is 1. The average Bonchev–Trinajstić information content (AvgIpc) is 2.49. The van der Waals surface area contributed by atoms with Crippen molar-refractivity contribution in [2.45, 2.75) is 6.42 Å². The third-order valence-electron chi connectivity index (χ3n) is 1.90. The molecule has 1 atom stereocenters. The second-order valence-electron chi connectivity index (χ2n) is 2.74. The molecule has 0 fully saturated rings. The number of nitrogens with two attached hydrogens (primary N) is 1. The maximum Gasteiger partial charge on any atom is 0.226 e. The van der Waals surface area contributed by atoms with Gasteiger partial charge in [0.25, 0.3) is 0 Å². The molecule has 2 heterocycles. The lowest BCUT2D eigenvalue weighted by molar-refractivity contribution is -0.119. The number of rotatable bonds is 1. The molecule has 12 heavy (non-hydrogen) atoms. The smallest absolute Gasteiger partial charge is 0.226 e. The molecule has 2 rings (SSSR count). The van der Waals surface area contributed by atoms with Gasteiger partial charge in [-0.15, -0.1) is 11.3 Å². The second-order valence-corrected chi connectivity index (χ2v) is 3.64. The van der Waals surface area contributed by atoms with Gasteiger partial charge in [0, 0.05) is 6.21 Å². The van der Waals surface area contributed by atoms with Gasteiger partial charge >= 0.3 is 0 Å². The lowest BCUT2D eigenvalue weighted by atomic mass is 10.00. The molecule has 0 aliphatic carbocycles. The maximum absolute atomic E-state index is 10.8. The van der Waals surface area contributed by atoms with E-state index in [1.165, 1.54) is 0 Å². The Hall–Kier alpha value is -1.16. The molecule has 1 unspecified atom stereocenters. The Balaban J connectivity index is 2.30. The number of hydrogen-bond acceptors (Lipinski definition) is 3. The van der Waals surface area contributed by atoms with Crippen LogP contribution in [-0.2, 0) is 11.2 Å². The highest BCUT2D eigenvalue weighted by molar-refractivity contribution is 7.14. The first-order chi connectivity index (χ1) is 5.77. The van der Waals surface area contributed by atoms with Gasteiger partial charge in [-0.1, -0.05) is 0 Å². The van der Waals surface area contributed by atoms with E-state index in [0.29, 0.717) is 6.42 Å². The van der Waals surface area contributed by atoms with Crippen molar-refractivity contribution in [1.82, 2.24) is 0 Å². The number of carbonyl (C=O) groups excluding carboxylic acids is 1. The number of aliphatic imine (C=N–C) groups is 1. The van der Waals surface area contributed by atoms with Crippen molar-refractivity contribution in [1.29, 1.82) is 0 Å². The molecule has 2 N–H and O–H groups in total. The Labute approximate surface area is 73.9 Å². The van der Waals surface area contributed by atoms with Gasteiger partial charge in [0.05, 0.1) is 5.92 Å². The molecule has 1 aromatic heterocycles. The number of primary amides is 1. The van der Waals surface area contributed by atoms with Crippen LogP contribution in [0.4, 0.5) is 5.00 Å². The normalized spacial score (nSPS) is 20.5. The molecule has 1 aliphatic rings.